The molecule has 0 saturated carbocycles. The van der Waals surface area contributed by atoms with Gasteiger partial charge in [0.15, 0.2) is 0 Å². The van der Waals surface area contributed by atoms with E-state index in [1.54, 1.807) is 0 Å². The van der Waals surface area contributed by atoms with Crippen LogP contribution in [0, 0.1) is 12.0 Å². The zero-order valence-corrected chi connectivity index (χ0v) is 10.4. The second kappa shape index (κ2) is 4.94. The fraction of sp³-hybridized carbons (Fsp3) is 0.214. The van der Waals surface area contributed by atoms with E-state index in [1.807, 2.05) is 0 Å². The summed E-state index contributed by atoms with van der Waals surface area (Å²) in [6.45, 7) is 2.75. The largest absolute Gasteiger partial charge is 0.426 e. The van der Waals surface area contributed by atoms with Gasteiger partial charge in [0.05, 0.1) is 5.56 Å². The topological polar surface area (TPSA) is 69.7 Å². The summed E-state index contributed by atoms with van der Waals surface area (Å²) >= 11 is 0. The third-order valence-corrected chi connectivity index (χ3v) is 2.55. The molecule has 1 unspecified atom stereocenters. The third-order valence-electron chi connectivity index (χ3n) is 2.55. The van der Waals surface area contributed by atoms with Crippen LogP contribution in [0.1, 0.15) is 34.6 Å². The minimum absolute atomic E-state index is 0.0684. The molecule has 0 aliphatic heterocycles. The van der Waals surface area contributed by atoms with Gasteiger partial charge in [0.2, 0.25) is 17.7 Å². The van der Waals surface area contributed by atoms with Crippen molar-refractivity contribution in [2.45, 2.75) is 20.0 Å². The molecular weight excluding hydrogens is 248 g/mol. The summed E-state index contributed by atoms with van der Waals surface area (Å²) in [5.41, 5.74) is 0.261. The highest BCUT2D eigenvalue weighted by Crippen LogP contribution is 2.32. The Labute approximate surface area is 109 Å². The van der Waals surface area contributed by atoms with Crippen molar-refractivity contribution in [3.63, 3.8) is 0 Å². The normalized spacial score (nSPS) is 16.4. The van der Waals surface area contributed by atoms with Gasteiger partial charge in [0, 0.05) is 19.4 Å². The average molecular weight is 258 g/mol. The summed E-state index contributed by atoms with van der Waals surface area (Å²) < 4.78 is 9.84. The fourth-order valence-electron chi connectivity index (χ4n) is 1.85. The predicted octanol–water partition coefficient (Wildman–Crippen LogP) is 1.36. The van der Waals surface area contributed by atoms with Crippen LogP contribution < -0.4 is 4.74 Å². The Balaban J connectivity index is 2.45. The number of rotatable bonds is 2. The van der Waals surface area contributed by atoms with Gasteiger partial charge >= 0.3 is 5.97 Å². The smallest absolute Gasteiger partial charge is 0.308 e. The van der Waals surface area contributed by atoms with E-state index >= 15 is 0 Å². The number of hydrogen-bond donors (Lipinski definition) is 0. The SMILES string of the molecule is CC#COC1C(=O)c2cccc(OC(C)=O)c2C1=O. The predicted molar refractivity (Wildman–Crippen MR) is 64.7 cm³/mol. The van der Waals surface area contributed by atoms with E-state index in [0.29, 0.717) is 0 Å². The van der Waals surface area contributed by atoms with Gasteiger partial charge in [0.1, 0.15) is 11.9 Å². The number of fused-ring (bicyclic) bond motifs is 1. The summed E-state index contributed by atoms with van der Waals surface area (Å²) in [6, 6.07) is 4.49. The number of ether oxygens (including phenoxy) is 2. The molecule has 0 aromatic heterocycles. The first-order chi connectivity index (χ1) is 9.06. The first-order valence-corrected chi connectivity index (χ1v) is 5.53. The maximum Gasteiger partial charge on any atom is 0.308 e. The molecule has 1 aliphatic rings. The molecular formula is C14H10O5. The van der Waals surface area contributed by atoms with Gasteiger partial charge < -0.3 is 9.47 Å². The molecule has 2 rings (SSSR count). The minimum Gasteiger partial charge on any atom is -0.426 e. The fourth-order valence-corrected chi connectivity index (χ4v) is 1.85. The zero-order valence-electron chi connectivity index (χ0n) is 10.4. The molecule has 0 saturated heterocycles. The highest BCUT2D eigenvalue weighted by Gasteiger charge is 2.42. The molecule has 1 aromatic carbocycles. The molecule has 0 amide bonds. The number of hydrogen-bond acceptors (Lipinski definition) is 5. The van der Waals surface area contributed by atoms with Crippen molar-refractivity contribution in [3.05, 3.63) is 29.3 Å². The van der Waals surface area contributed by atoms with E-state index in [9.17, 15) is 14.4 Å². The van der Waals surface area contributed by atoms with Crippen LogP contribution in [0.15, 0.2) is 18.2 Å². The molecule has 0 bridgehead atoms. The third kappa shape index (κ3) is 2.20. The lowest BCUT2D eigenvalue weighted by atomic mass is 10.1. The van der Waals surface area contributed by atoms with Crippen molar-refractivity contribution >= 4 is 17.5 Å². The summed E-state index contributed by atoms with van der Waals surface area (Å²) in [7, 11) is 0. The second-order valence-electron chi connectivity index (χ2n) is 3.85. The molecule has 19 heavy (non-hydrogen) atoms. The van der Waals surface area contributed by atoms with Gasteiger partial charge in [-0.25, -0.2) is 0 Å². The molecule has 0 spiro atoms. The second-order valence-corrected chi connectivity index (χ2v) is 3.85. The van der Waals surface area contributed by atoms with E-state index in [2.05, 4.69) is 12.0 Å². The van der Waals surface area contributed by atoms with E-state index in [-0.39, 0.29) is 16.9 Å². The molecule has 1 aromatic rings. The highest BCUT2D eigenvalue weighted by molar-refractivity contribution is 6.29. The quantitative estimate of drug-likeness (QED) is 0.346. The molecule has 0 heterocycles. The number of esters is 1. The van der Waals surface area contributed by atoms with E-state index < -0.39 is 23.6 Å². The van der Waals surface area contributed by atoms with E-state index in [1.165, 1.54) is 32.0 Å². The monoisotopic (exact) mass is 258 g/mol. The summed E-state index contributed by atoms with van der Waals surface area (Å²) in [4.78, 5) is 35.1. The summed E-state index contributed by atoms with van der Waals surface area (Å²) in [5.74, 6) is 0.935. The summed E-state index contributed by atoms with van der Waals surface area (Å²) in [6.07, 6.45) is 0.968. The van der Waals surface area contributed by atoms with Crippen LogP contribution in [0.5, 0.6) is 5.75 Å². The first-order valence-electron chi connectivity index (χ1n) is 5.53. The standard InChI is InChI=1S/C14H10O5/c1-3-7-18-14-12(16)9-5-4-6-10(19-8(2)15)11(9)13(14)17/h4-6,14H,1-2H3. The first kappa shape index (κ1) is 12.8. The highest BCUT2D eigenvalue weighted by atomic mass is 16.5. The van der Waals surface area contributed by atoms with Crippen molar-refractivity contribution in [3.8, 4) is 17.8 Å². The Morgan fingerprint density at radius 2 is 2.00 bits per heavy atom. The summed E-state index contributed by atoms with van der Waals surface area (Å²) in [5, 5.41) is 0. The van der Waals surface area contributed by atoms with Crippen LogP contribution in [0.25, 0.3) is 0 Å². The van der Waals surface area contributed by atoms with Crippen molar-refractivity contribution in [1.82, 2.24) is 0 Å². The Hall–Kier alpha value is -2.61. The lowest BCUT2D eigenvalue weighted by molar-refractivity contribution is -0.131. The molecule has 0 fully saturated rings. The zero-order chi connectivity index (χ0) is 14.0. The van der Waals surface area contributed by atoms with E-state index in [0.717, 1.165) is 0 Å². The van der Waals surface area contributed by atoms with Crippen LogP contribution in [-0.2, 0) is 9.53 Å². The van der Waals surface area contributed by atoms with Crippen molar-refractivity contribution in [1.29, 1.82) is 0 Å². The Morgan fingerprint density at radius 1 is 1.26 bits per heavy atom. The molecule has 5 nitrogen and oxygen atoms in total. The molecule has 0 radical (unpaired) electrons. The maximum absolute atomic E-state index is 12.1. The molecule has 0 N–H and O–H groups in total. The van der Waals surface area contributed by atoms with Gasteiger partial charge in [-0.1, -0.05) is 18.1 Å². The van der Waals surface area contributed by atoms with E-state index in [4.69, 9.17) is 9.47 Å². The van der Waals surface area contributed by atoms with Crippen LogP contribution in [-0.4, -0.2) is 23.6 Å². The number of Topliss-reactive ketones (excluding diaryl/α,β-unsaturated/α-hetero) is 2. The molecule has 5 heteroatoms. The Kier molecular flexibility index (Phi) is 3.34. The Bertz CT molecular complexity index is 633. The molecule has 1 aliphatic carbocycles. The van der Waals surface area contributed by atoms with Gasteiger partial charge in [-0.05, 0) is 6.07 Å². The van der Waals surface area contributed by atoms with Crippen LogP contribution >= 0.6 is 0 Å². The lowest BCUT2D eigenvalue weighted by Crippen LogP contribution is -2.24. The number of benzene rings is 1. The maximum atomic E-state index is 12.1. The lowest BCUT2D eigenvalue weighted by Gasteiger charge is -2.05. The number of ketones is 2. The number of carbonyl (C=O) groups is 3. The minimum atomic E-state index is -1.28. The van der Waals surface area contributed by atoms with Gasteiger partial charge in [-0.2, -0.15) is 0 Å². The van der Waals surface area contributed by atoms with Gasteiger partial charge in [-0.15, -0.1) is 0 Å². The molecule has 1 atom stereocenters. The number of carbonyl (C=O) groups excluding carboxylic acids is 3. The van der Waals surface area contributed by atoms with Gasteiger partial charge in [0.25, 0.3) is 0 Å². The van der Waals surface area contributed by atoms with Gasteiger partial charge in [-0.3, -0.25) is 14.4 Å². The average Bonchev–Trinajstić information content (AvgIpc) is 2.60. The van der Waals surface area contributed by atoms with Crippen LogP contribution in [0.4, 0.5) is 0 Å². The molecule has 96 valence electrons. The van der Waals surface area contributed by atoms with Crippen LogP contribution in [0.2, 0.25) is 0 Å². The van der Waals surface area contributed by atoms with Crippen LogP contribution in [0.3, 0.4) is 0 Å². The Morgan fingerprint density at radius 3 is 2.63 bits per heavy atom. The van der Waals surface area contributed by atoms with Crippen molar-refractivity contribution in [2.75, 3.05) is 0 Å². The van der Waals surface area contributed by atoms with Crippen molar-refractivity contribution < 1.29 is 23.9 Å². The van der Waals surface area contributed by atoms with Crippen molar-refractivity contribution in [2.24, 2.45) is 0 Å².